The molecule has 3 saturated carbocycles. The SMILES string of the molecule is CCN(C(=O)c1ccccc1)[C@H]1CC[C@H]2[C@@H]3CC[C@H]4N(C)C(=O)CC[C@]4(C)[C@H]3CC[C@]12C. The van der Waals surface area contributed by atoms with Crippen LogP contribution in [0.15, 0.2) is 30.3 Å². The van der Waals surface area contributed by atoms with E-state index in [9.17, 15) is 9.59 Å². The van der Waals surface area contributed by atoms with E-state index in [1.807, 2.05) is 37.4 Å². The van der Waals surface area contributed by atoms with E-state index in [4.69, 9.17) is 0 Å². The van der Waals surface area contributed by atoms with Gasteiger partial charge in [-0.3, -0.25) is 9.59 Å². The van der Waals surface area contributed by atoms with Crippen LogP contribution in [0.25, 0.3) is 0 Å². The van der Waals surface area contributed by atoms with E-state index in [-0.39, 0.29) is 16.7 Å². The largest absolute Gasteiger partial charge is 0.342 e. The highest BCUT2D eigenvalue weighted by Gasteiger charge is 2.62. The van der Waals surface area contributed by atoms with Crippen molar-refractivity contribution >= 4 is 11.8 Å². The van der Waals surface area contributed by atoms with Gasteiger partial charge in [0.1, 0.15) is 0 Å². The topological polar surface area (TPSA) is 40.6 Å². The quantitative estimate of drug-likeness (QED) is 0.638. The molecule has 4 aliphatic rings. The van der Waals surface area contributed by atoms with E-state index < -0.39 is 0 Å². The second-order valence-corrected chi connectivity index (χ2v) is 11.6. The summed E-state index contributed by atoms with van der Waals surface area (Å²) in [6.45, 7) is 7.91. The molecule has 1 heterocycles. The number of fused-ring (bicyclic) bond motifs is 5. The number of hydrogen-bond acceptors (Lipinski definition) is 2. The van der Waals surface area contributed by atoms with Gasteiger partial charge in [-0.15, -0.1) is 0 Å². The number of likely N-dealkylation sites (tertiary alicyclic amines) is 1. The Hall–Kier alpha value is -1.84. The third-order valence-corrected chi connectivity index (χ3v) is 10.5. The molecule has 1 saturated heterocycles. The highest BCUT2D eigenvalue weighted by molar-refractivity contribution is 5.94. The van der Waals surface area contributed by atoms with Gasteiger partial charge in [-0.05, 0) is 92.6 Å². The number of benzene rings is 1. The number of rotatable bonds is 3. The van der Waals surface area contributed by atoms with Gasteiger partial charge in [-0.1, -0.05) is 32.0 Å². The minimum atomic E-state index is 0.199. The molecule has 1 aliphatic heterocycles. The Balaban J connectivity index is 1.40. The molecule has 4 nitrogen and oxygen atoms in total. The van der Waals surface area contributed by atoms with E-state index in [2.05, 4.69) is 30.6 Å². The lowest BCUT2D eigenvalue weighted by Gasteiger charge is -2.62. The van der Waals surface area contributed by atoms with Crippen LogP contribution >= 0.6 is 0 Å². The highest BCUT2D eigenvalue weighted by Crippen LogP contribution is 2.65. The van der Waals surface area contributed by atoms with Crippen LogP contribution in [0.4, 0.5) is 0 Å². The summed E-state index contributed by atoms with van der Waals surface area (Å²) in [6, 6.07) is 10.6. The zero-order valence-corrected chi connectivity index (χ0v) is 20.3. The van der Waals surface area contributed by atoms with Gasteiger partial charge >= 0.3 is 0 Å². The Morgan fingerprint density at radius 3 is 2.44 bits per heavy atom. The van der Waals surface area contributed by atoms with Crippen molar-refractivity contribution in [3.05, 3.63) is 35.9 Å². The van der Waals surface area contributed by atoms with Crippen LogP contribution in [0.3, 0.4) is 0 Å². The molecule has 0 N–H and O–H groups in total. The van der Waals surface area contributed by atoms with Crippen LogP contribution in [0.1, 0.15) is 82.5 Å². The van der Waals surface area contributed by atoms with E-state index in [0.717, 1.165) is 37.3 Å². The lowest BCUT2D eigenvalue weighted by molar-refractivity contribution is -0.158. The minimum Gasteiger partial charge on any atom is -0.342 e. The molecule has 0 bridgehead atoms. The molecule has 174 valence electrons. The third-order valence-electron chi connectivity index (χ3n) is 10.5. The van der Waals surface area contributed by atoms with Crippen molar-refractivity contribution in [3.8, 4) is 0 Å². The molecule has 7 atom stereocenters. The van der Waals surface area contributed by atoms with E-state index in [1.54, 1.807) is 0 Å². The molecule has 4 fully saturated rings. The van der Waals surface area contributed by atoms with Crippen molar-refractivity contribution in [2.24, 2.45) is 28.6 Å². The average molecular weight is 437 g/mol. The molecule has 0 radical (unpaired) electrons. The summed E-state index contributed by atoms with van der Waals surface area (Å²) in [5.41, 5.74) is 1.29. The van der Waals surface area contributed by atoms with Gasteiger partial charge in [0.25, 0.3) is 5.91 Å². The van der Waals surface area contributed by atoms with Crippen molar-refractivity contribution < 1.29 is 9.59 Å². The van der Waals surface area contributed by atoms with Gasteiger partial charge in [0.05, 0.1) is 0 Å². The molecule has 3 aliphatic carbocycles. The first kappa shape index (κ1) is 22.0. The fourth-order valence-corrected chi connectivity index (χ4v) is 8.89. The zero-order valence-electron chi connectivity index (χ0n) is 20.3. The van der Waals surface area contributed by atoms with Crippen molar-refractivity contribution in [3.63, 3.8) is 0 Å². The van der Waals surface area contributed by atoms with Crippen molar-refractivity contribution in [1.29, 1.82) is 0 Å². The molecule has 0 aromatic heterocycles. The number of nitrogens with zero attached hydrogens (tertiary/aromatic N) is 2. The first-order valence-electron chi connectivity index (χ1n) is 12.9. The molecular formula is C28H40N2O2. The van der Waals surface area contributed by atoms with Crippen LogP contribution in [0.2, 0.25) is 0 Å². The van der Waals surface area contributed by atoms with Gasteiger partial charge in [-0.2, -0.15) is 0 Å². The maximum Gasteiger partial charge on any atom is 0.254 e. The van der Waals surface area contributed by atoms with Crippen LogP contribution in [0, 0.1) is 28.6 Å². The molecule has 5 rings (SSSR count). The predicted molar refractivity (Wildman–Crippen MR) is 127 cm³/mol. The second-order valence-electron chi connectivity index (χ2n) is 11.6. The lowest BCUT2D eigenvalue weighted by Crippen LogP contribution is -2.62. The Labute approximate surface area is 193 Å². The van der Waals surface area contributed by atoms with Gasteiger partial charge in [0.15, 0.2) is 0 Å². The van der Waals surface area contributed by atoms with Crippen molar-refractivity contribution in [1.82, 2.24) is 9.80 Å². The number of piperidine rings is 1. The Morgan fingerprint density at radius 2 is 1.72 bits per heavy atom. The predicted octanol–water partition coefficient (Wildman–Crippen LogP) is 5.38. The second kappa shape index (κ2) is 7.88. The fraction of sp³-hybridized carbons (Fsp3) is 0.714. The van der Waals surface area contributed by atoms with Crippen molar-refractivity contribution in [2.75, 3.05) is 13.6 Å². The molecule has 2 amide bonds. The number of carbonyl (C=O) groups is 2. The molecule has 4 heteroatoms. The fourth-order valence-electron chi connectivity index (χ4n) is 8.89. The lowest BCUT2D eigenvalue weighted by atomic mass is 9.47. The van der Waals surface area contributed by atoms with Crippen LogP contribution in [-0.2, 0) is 4.79 Å². The standard InChI is InChI=1S/C28H40N2O2/c1-5-30(26(32)19-9-7-6-8-10-19)24-14-12-21-20-11-13-23-27(2,18-16-25(31)29(23)4)22(20)15-17-28(21,24)3/h6-10,20-24H,5,11-18H2,1-4H3/t20-,21-,22-,23+,24-,27+,28-/m0/s1. The smallest absolute Gasteiger partial charge is 0.254 e. The Bertz CT molecular complexity index is 885. The summed E-state index contributed by atoms with van der Waals surface area (Å²) in [4.78, 5) is 30.1. The number of carbonyl (C=O) groups excluding carboxylic acids is 2. The summed E-state index contributed by atoms with van der Waals surface area (Å²) in [7, 11) is 2.04. The highest BCUT2D eigenvalue weighted by atomic mass is 16.2. The van der Waals surface area contributed by atoms with Crippen LogP contribution < -0.4 is 0 Å². The van der Waals surface area contributed by atoms with Gasteiger partial charge < -0.3 is 9.80 Å². The minimum absolute atomic E-state index is 0.199. The van der Waals surface area contributed by atoms with Gasteiger partial charge in [-0.25, -0.2) is 0 Å². The summed E-state index contributed by atoms with van der Waals surface area (Å²) in [5.74, 6) is 2.70. The molecule has 0 unspecified atom stereocenters. The Morgan fingerprint density at radius 1 is 1.00 bits per heavy atom. The number of amides is 2. The summed E-state index contributed by atoms with van der Waals surface area (Å²) in [5, 5.41) is 0. The molecular weight excluding hydrogens is 396 g/mol. The average Bonchev–Trinajstić information content (AvgIpc) is 3.15. The molecule has 0 spiro atoms. The van der Waals surface area contributed by atoms with Crippen LogP contribution in [-0.4, -0.2) is 47.3 Å². The van der Waals surface area contributed by atoms with E-state index in [1.165, 1.54) is 25.7 Å². The van der Waals surface area contributed by atoms with Gasteiger partial charge in [0, 0.05) is 37.7 Å². The van der Waals surface area contributed by atoms with Crippen LogP contribution in [0.5, 0.6) is 0 Å². The maximum atomic E-state index is 13.5. The number of hydrogen-bond donors (Lipinski definition) is 0. The molecule has 32 heavy (non-hydrogen) atoms. The molecule has 1 aromatic rings. The monoisotopic (exact) mass is 436 g/mol. The summed E-state index contributed by atoms with van der Waals surface area (Å²) < 4.78 is 0. The zero-order chi connectivity index (χ0) is 22.7. The normalized spacial score (nSPS) is 40.9. The molecule has 1 aromatic carbocycles. The summed E-state index contributed by atoms with van der Waals surface area (Å²) >= 11 is 0. The first-order valence-corrected chi connectivity index (χ1v) is 12.9. The Kier molecular flexibility index (Phi) is 5.41. The van der Waals surface area contributed by atoms with E-state index in [0.29, 0.717) is 36.2 Å². The first-order chi connectivity index (χ1) is 15.3. The van der Waals surface area contributed by atoms with Gasteiger partial charge in [0.2, 0.25) is 5.91 Å². The van der Waals surface area contributed by atoms with E-state index >= 15 is 0 Å². The van der Waals surface area contributed by atoms with Crippen molar-refractivity contribution in [2.45, 2.75) is 84.2 Å². The third kappa shape index (κ3) is 3.08. The maximum absolute atomic E-state index is 13.5. The summed E-state index contributed by atoms with van der Waals surface area (Å²) in [6.07, 6.45) is 9.01.